The number of rotatable bonds is 7. The minimum Gasteiger partial charge on any atom is -0.381 e. The molecule has 1 heterocycles. The van der Waals surface area contributed by atoms with Crippen LogP contribution in [0.5, 0.6) is 0 Å². The minimum atomic E-state index is -0.394. The van der Waals surface area contributed by atoms with Crippen molar-refractivity contribution in [2.75, 3.05) is 39.4 Å². The highest BCUT2D eigenvalue weighted by atomic mass is 35.5. The summed E-state index contributed by atoms with van der Waals surface area (Å²) in [5.74, 6) is 0.116. The van der Waals surface area contributed by atoms with Crippen LogP contribution in [0.25, 0.3) is 0 Å². The van der Waals surface area contributed by atoms with E-state index in [4.69, 9.17) is 10.5 Å². The lowest BCUT2D eigenvalue weighted by atomic mass is 9.79. The third kappa shape index (κ3) is 5.57. The van der Waals surface area contributed by atoms with Crippen LogP contribution in [0.4, 0.5) is 0 Å². The van der Waals surface area contributed by atoms with Crippen molar-refractivity contribution in [3.8, 4) is 0 Å². The molecule has 0 aromatic rings. The third-order valence-electron chi connectivity index (χ3n) is 4.48. The number of nitrogens with zero attached hydrogens (tertiary/aromatic N) is 1. The van der Waals surface area contributed by atoms with E-state index in [0.29, 0.717) is 19.8 Å². The lowest BCUT2D eigenvalue weighted by molar-refractivity contribution is -0.135. The van der Waals surface area contributed by atoms with E-state index in [9.17, 15) is 4.79 Å². The number of ether oxygens (including phenoxy) is 1. The van der Waals surface area contributed by atoms with Gasteiger partial charge in [0.1, 0.15) is 0 Å². The van der Waals surface area contributed by atoms with Crippen molar-refractivity contribution in [3.05, 3.63) is 0 Å². The number of hydrogen-bond acceptors (Lipinski definition) is 4. The van der Waals surface area contributed by atoms with E-state index >= 15 is 0 Å². The summed E-state index contributed by atoms with van der Waals surface area (Å²) < 4.78 is 5.33. The van der Waals surface area contributed by atoms with Crippen molar-refractivity contribution in [2.45, 2.75) is 38.6 Å². The zero-order valence-electron chi connectivity index (χ0n) is 12.8. The summed E-state index contributed by atoms with van der Waals surface area (Å²) in [4.78, 5) is 14.8. The molecule has 5 nitrogen and oxygen atoms in total. The lowest BCUT2D eigenvalue weighted by Crippen LogP contribution is -2.50. The Morgan fingerprint density at radius 1 is 1.33 bits per heavy atom. The van der Waals surface area contributed by atoms with Crippen LogP contribution in [0.15, 0.2) is 0 Å². The number of likely N-dealkylation sites (N-methyl/N-ethyl adjacent to an activating group) is 1. The van der Waals surface area contributed by atoms with Gasteiger partial charge in [-0.3, -0.25) is 9.69 Å². The molecule has 0 bridgehead atoms. The van der Waals surface area contributed by atoms with Gasteiger partial charge in [-0.15, -0.1) is 24.8 Å². The van der Waals surface area contributed by atoms with Crippen LogP contribution in [0.2, 0.25) is 0 Å². The molecular weight excluding hydrogens is 313 g/mol. The van der Waals surface area contributed by atoms with Crippen LogP contribution in [-0.2, 0) is 9.53 Å². The van der Waals surface area contributed by atoms with Gasteiger partial charge in [0, 0.05) is 38.9 Å². The highest BCUT2D eigenvalue weighted by Gasteiger charge is 2.38. The molecule has 2 fully saturated rings. The molecule has 21 heavy (non-hydrogen) atoms. The van der Waals surface area contributed by atoms with Crippen LogP contribution in [-0.4, -0.2) is 56.2 Å². The van der Waals surface area contributed by atoms with E-state index in [2.05, 4.69) is 17.1 Å². The summed E-state index contributed by atoms with van der Waals surface area (Å²) >= 11 is 0. The molecule has 1 aliphatic heterocycles. The van der Waals surface area contributed by atoms with E-state index in [0.717, 1.165) is 38.5 Å². The van der Waals surface area contributed by atoms with Gasteiger partial charge >= 0.3 is 0 Å². The van der Waals surface area contributed by atoms with E-state index in [-0.39, 0.29) is 30.7 Å². The summed E-state index contributed by atoms with van der Waals surface area (Å²) in [7, 11) is 0. The number of carbonyl (C=O) groups is 1. The molecule has 0 spiro atoms. The standard InChI is InChI=1S/C14H27N3O2.2ClH/c1-2-17(12-3-4-12)8-7-16-13(18)14(11-15)5-9-19-10-6-14;;/h12H,2-11,15H2,1H3,(H,16,18);2*1H. The second-order valence-electron chi connectivity index (χ2n) is 5.71. The summed E-state index contributed by atoms with van der Waals surface area (Å²) in [6, 6.07) is 0.758. The predicted octanol–water partition coefficient (Wildman–Crippen LogP) is 1.19. The third-order valence-corrected chi connectivity index (χ3v) is 4.48. The monoisotopic (exact) mass is 341 g/mol. The Kier molecular flexibility index (Phi) is 9.81. The van der Waals surface area contributed by atoms with Crippen LogP contribution in [0.1, 0.15) is 32.6 Å². The largest absolute Gasteiger partial charge is 0.381 e. The quantitative estimate of drug-likeness (QED) is 0.729. The summed E-state index contributed by atoms with van der Waals surface area (Å²) in [5.41, 5.74) is 5.43. The first-order valence-corrected chi connectivity index (χ1v) is 7.52. The lowest BCUT2D eigenvalue weighted by Gasteiger charge is -2.34. The number of amides is 1. The van der Waals surface area contributed by atoms with Crippen molar-refractivity contribution in [1.82, 2.24) is 10.2 Å². The van der Waals surface area contributed by atoms with Gasteiger partial charge in [-0.25, -0.2) is 0 Å². The van der Waals surface area contributed by atoms with Crippen molar-refractivity contribution in [3.63, 3.8) is 0 Å². The molecule has 1 aliphatic carbocycles. The van der Waals surface area contributed by atoms with Gasteiger partial charge < -0.3 is 15.8 Å². The number of halogens is 2. The number of nitrogens with one attached hydrogen (secondary N) is 1. The molecule has 2 aliphatic rings. The molecule has 0 aromatic carbocycles. The topological polar surface area (TPSA) is 67.6 Å². The maximum Gasteiger partial charge on any atom is 0.227 e. The Labute approximate surface area is 140 Å². The van der Waals surface area contributed by atoms with E-state index in [1.165, 1.54) is 12.8 Å². The van der Waals surface area contributed by atoms with Gasteiger partial charge in [0.15, 0.2) is 0 Å². The highest BCUT2D eigenvalue weighted by molar-refractivity contribution is 5.85. The van der Waals surface area contributed by atoms with Gasteiger partial charge in [0.05, 0.1) is 5.41 Å². The van der Waals surface area contributed by atoms with Crippen molar-refractivity contribution < 1.29 is 9.53 Å². The Hall–Kier alpha value is -0.0700. The second kappa shape index (κ2) is 9.85. The van der Waals surface area contributed by atoms with Crippen LogP contribution >= 0.6 is 24.8 Å². The zero-order valence-corrected chi connectivity index (χ0v) is 14.4. The Morgan fingerprint density at radius 3 is 2.43 bits per heavy atom. The molecule has 2 rings (SSSR count). The smallest absolute Gasteiger partial charge is 0.227 e. The van der Waals surface area contributed by atoms with Crippen LogP contribution < -0.4 is 11.1 Å². The fourth-order valence-corrected chi connectivity index (χ4v) is 2.83. The van der Waals surface area contributed by atoms with Gasteiger partial charge in [0.25, 0.3) is 0 Å². The van der Waals surface area contributed by atoms with Crippen LogP contribution in [0, 0.1) is 5.41 Å². The number of carbonyl (C=O) groups excluding carboxylic acids is 1. The molecular formula is C14H29Cl2N3O2. The first-order valence-electron chi connectivity index (χ1n) is 7.52. The molecule has 0 unspecified atom stereocenters. The maximum atomic E-state index is 12.3. The molecule has 126 valence electrons. The maximum absolute atomic E-state index is 12.3. The molecule has 1 amide bonds. The van der Waals surface area contributed by atoms with Crippen molar-refractivity contribution >= 4 is 30.7 Å². The Bertz CT molecular complexity index is 309. The highest BCUT2D eigenvalue weighted by Crippen LogP contribution is 2.29. The van der Waals surface area contributed by atoms with E-state index in [1.807, 2.05) is 0 Å². The van der Waals surface area contributed by atoms with Gasteiger partial charge in [-0.05, 0) is 32.2 Å². The molecule has 1 saturated carbocycles. The van der Waals surface area contributed by atoms with Gasteiger partial charge in [-0.2, -0.15) is 0 Å². The fraction of sp³-hybridized carbons (Fsp3) is 0.929. The average Bonchev–Trinajstić information content (AvgIpc) is 3.28. The first kappa shape index (κ1) is 20.9. The first-order chi connectivity index (χ1) is 9.22. The van der Waals surface area contributed by atoms with Crippen molar-refractivity contribution in [1.29, 1.82) is 0 Å². The van der Waals surface area contributed by atoms with E-state index < -0.39 is 5.41 Å². The molecule has 3 N–H and O–H groups in total. The summed E-state index contributed by atoms with van der Waals surface area (Å²) in [6.45, 7) is 6.64. The summed E-state index contributed by atoms with van der Waals surface area (Å²) in [5, 5.41) is 3.08. The van der Waals surface area contributed by atoms with Crippen molar-refractivity contribution in [2.24, 2.45) is 11.1 Å². The molecule has 0 atom stereocenters. The van der Waals surface area contributed by atoms with Gasteiger partial charge in [0.2, 0.25) is 5.91 Å². The van der Waals surface area contributed by atoms with Crippen LogP contribution in [0.3, 0.4) is 0 Å². The summed E-state index contributed by atoms with van der Waals surface area (Å²) in [6.07, 6.45) is 4.11. The minimum absolute atomic E-state index is 0. The van der Waals surface area contributed by atoms with Gasteiger partial charge in [-0.1, -0.05) is 6.92 Å². The second-order valence-corrected chi connectivity index (χ2v) is 5.71. The Balaban J connectivity index is 0.00000200. The SMILES string of the molecule is CCN(CCNC(=O)C1(CN)CCOCC1)C1CC1.Cl.Cl. The number of hydrogen-bond donors (Lipinski definition) is 2. The molecule has 1 saturated heterocycles. The predicted molar refractivity (Wildman–Crippen MR) is 89.3 cm³/mol. The molecule has 0 aromatic heterocycles. The molecule has 0 radical (unpaired) electrons. The average molecular weight is 342 g/mol. The normalized spacial score (nSPS) is 20.3. The number of nitrogens with two attached hydrogens (primary N) is 1. The Morgan fingerprint density at radius 2 is 1.95 bits per heavy atom. The molecule has 7 heteroatoms. The van der Waals surface area contributed by atoms with E-state index in [1.54, 1.807) is 0 Å². The zero-order chi connectivity index (χ0) is 13.7. The fourth-order valence-electron chi connectivity index (χ4n) is 2.83.